The van der Waals surface area contributed by atoms with Crippen LogP contribution in [0.15, 0.2) is 51.2 Å². The smallest absolute Gasteiger partial charge is 0.471 e. The van der Waals surface area contributed by atoms with Gasteiger partial charge in [-0.1, -0.05) is 29.4 Å². The lowest BCUT2D eigenvalue weighted by Gasteiger charge is -2.05. The second kappa shape index (κ2) is 8.24. The molecule has 28 heavy (non-hydrogen) atoms. The lowest BCUT2D eigenvalue weighted by molar-refractivity contribution is -0.159. The average Bonchev–Trinajstić information content (AvgIpc) is 3.18. The third kappa shape index (κ3) is 4.87. The summed E-state index contributed by atoms with van der Waals surface area (Å²) in [6, 6.07) is 7.95. The van der Waals surface area contributed by atoms with Gasteiger partial charge in [-0.05, 0) is 5.56 Å². The Morgan fingerprint density at radius 2 is 1.96 bits per heavy atom. The van der Waals surface area contributed by atoms with Crippen molar-refractivity contribution in [1.29, 1.82) is 0 Å². The van der Waals surface area contributed by atoms with E-state index in [9.17, 15) is 13.2 Å². The molecule has 0 aliphatic heterocycles. The first-order valence-electron chi connectivity index (χ1n) is 7.66. The largest absolute Gasteiger partial charge is 0.473 e. The molecule has 0 fully saturated rings. The third-order valence-corrected chi connectivity index (χ3v) is 3.24. The van der Waals surface area contributed by atoms with Gasteiger partial charge < -0.3 is 15.0 Å². The summed E-state index contributed by atoms with van der Waals surface area (Å²) in [6.07, 6.45) is -1.08. The molecule has 1 aromatic carbocycles. The number of nitrogens with zero attached hydrogens (tertiary/aromatic N) is 6. The lowest BCUT2D eigenvalue weighted by atomic mass is 10.1. The van der Waals surface area contributed by atoms with Crippen LogP contribution in [0, 0.1) is 0 Å². The second-order valence-electron chi connectivity index (χ2n) is 5.16. The van der Waals surface area contributed by atoms with E-state index < -0.39 is 12.1 Å². The molecule has 12 heteroatoms. The zero-order valence-corrected chi connectivity index (χ0v) is 14.0. The maximum Gasteiger partial charge on any atom is 0.471 e. The molecule has 2 N–H and O–H groups in total. The summed E-state index contributed by atoms with van der Waals surface area (Å²) < 4.78 is 47.3. The molecule has 3 aromatic rings. The number of alkyl halides is 3. The van der Waals surface area contributed by atoms with Crippen molar-refractivity contribution in [2.45, 2.75) is 12.8 Å². The predicted molar refractivity (Wildman–Crippen MR) is 91.9 cm³/mol. The van der Waals surface area contributed by atoms with Crippen molar-refractivity contribution in [3.8, 4) is 17.3 Å². The van der Waals surface area contributed by atoms with Gasteiger partial charge in [0, 0.05) is 11.6 Å². The number of aromatic nitrogens is 4. The van der Waals surface area contributed by atoms with Gasteiger partial charge in [0.05, 0.1) is 6.34 Å². The average molecular weight is 391 g/mol. The molecule has 0 saturated heterocycles. The van der Waals surface area contributed by atoms with E-state index in [4.69, 9.17) is 10.5 Å². The van der Waals surface area contributed by atoms with E-state index in [1.807, 2.05) is 0 Å². The summed E-state index contributed by atoms with van der Waals surface area (Å²) in [5, 5.41) is 3.33. The molecule has 0 atom stereocenters. The first-order valence-corrected chi connectivity index (χ1v) is 7.66. The van der Waals surface area contributed by atoms with Crippen LogP contribution in [0.5, 0.6) is 5.88 Å². The van der Waals surface area contributed by atoms with Gasteiger partial charge in [0.1, 0.15) is 19.3 Å². The van der Waals surface area contributed by atoms with Crippen molar-refractivity contribution in [2.75, 3.05) is 0 Å². The van der Waals surface area contributed by atoms with Crippen molar-refractivity contribution in [1.82, 2.24) is 20.1 Å². The monoisotopic (exact) mass is 391 g/mol. The number of rotatable bonds is 6. The van der Waals surface area contributed by atoms with Gasteiger partial charge >= 0.3 is 12.1 Å². The Balaban J connectivity index is 1.63. The number of benzene rings is 1. The van der Waals surface area contributed by atoms with E-state index in [2.05, 4.69) is 34.6 Å². The Bertz CT molecular complexity index is 984. The zero-order chi connectivity index (χ0) is 20.0. The molecule has 0 saturated carbocycles. The van der Waals surface area contributed by atoms with Crippen molar-refractivity contribution in [2.24, 2.45) is 15.7 Å². The normalized spacial score (nSPS) is 12.1. The summed E-state index contributed by atoms with van der Waals surface area (Å²) in [4.78, 5) is 18.8. The highest BCUT2D eigenvalue weighted by Crippen LogP contribution is 2.29. The molecule has 0 aliphatic rings. The fourth-order valence-electron chi connectivity index (χ4n) is 1.97. The topological polar surface area (TPSA) is 125 Å². The standard InChI is InChI=1S/C16H12F3N7O2/c17-16(18,19)15-25-14(26-28-15)11-3-1-10(2-4-11)6-27-13-5-12(23-9-24-13)22-8-21-7-20/h1-5,7-9H,6H2,(H2,20,21,22,23,24). The van der Waals surface area contributed by atoms with Gasteiger partial charge in [-0.3, -0.25) is 0 Å². The molecule has 0 amide bonds. The Kier molecular flexibility index (Phi) is 5.58. The molecule has 2 aromatic heterocycles. The van der Waals surface area contributed by atoms with Gasteiger partial charge in [0.15, 0.2) is 5.82 Å². The van der Waals surface area contributed by atoms with E-state index in [0.29, 0.717) is 11.4 Å². The molecule has 0 radical (unpaired) electrons. The van der Waals surface area contributed by atoms with E-state index in [1.54, 1.807) is 24.3 Å². The van der Waals surface area contributed by atoms with Gasteiger partial charge in [0.25, 0.3) is 0 Å². The number of halogens is 3. The van der Waals surface area contributed by atoms with Crippen molar-refractivity contribution >= 4 is 18.5 Å². The lowest BCUT2D eigenvalue weighted by Crippen LogP contribution is -2.04. The van der Waals surface area contributed by atoms with Crippen LogP contribution >= 0.6 is 0 Å². The Labute approximate surface area is 155 Å². The van der Waals surface area contributed by atoms with Gasteiger partial charge in [-0.2, -0.15) is 18.2 Å². The Hall–Kier alpha value is -3.83. The highest BCUT2D eigenvalue weighted by molar-refractivity contribution is 5.71. The Morgan fingerprint density at radius 1 is 1.18 bits per heavy atom. The molecule has 3 rings (SSSR count). The van der Waals surface area contributed by atoms with Crippen molar-refractivity contribution in [3.63, 3.8) is 0 Å². The number of aliphatic imine (C=N–C) groups is 2. The molecular formula is C16H12F3N7O2. The van der Waals surface area contributed by atoms with Crippen LogP contribution < -0.4 is 10.5 Å². The van der Waals surface area contributed by atoms with Gasteiger partial charge in [-0.25, -0.2) is 20.0 Å². The molecule has 0 bridgehead atoms. The fourth-order valence-corrected chi connectivity index (χ4v) is 1.97. The first kappa shape index (κ1) is 18.9. The number of nitrogens with two attached hydrogens (primary N) is 1. The predicted octanol–water partition coefficient (Wildman–Crippen LogP) is 2.77. The molecule has 0 unspecified atom stereocenters. The number of hydrogen-bond donors (Lipinski definition) is 1. The molecular weight excluding hydrogens is 379 g/mol. The van der Waals surface area contributed by atoms with Gasteiger partial charge in [0.2, 0.25) is 11.7 Å². The fraction of sp³-hybridized carbons (Fsp3) is 0.125. The van der Waals surface area contributed by atoms with E-state index in [-0.39, 0.29) is 18.3 Å². The van der Waals surface area contributed by atoms with Crippen LogP contribution in [-0.2, 0) is 12.8 Å². The highest BCUT2D eigenvalue weighted by Gasteiger charge is 2.38. The maximum absolute atomic E-state index is 12.5. The van der Waals surface area contributed by atoms with Crippen LogP contribution in [-0.4, -0.2) is 32.8 Å². The SMILES string of the molecule is NC=NC=Nc1cc(OCc2ccc(-c3noc(C(F)(F)F)n3)cc2)ncn1. The van der Waals surface area contributed by atoms with E-state index in [1.165, 1.54) is 18.7 Å². The van der Waals surface area contributed by atoms with Crippen LogP contribution in [0.25, 0.3) is 11.4 Å². The van der Waals surface area contributed by atoms with Gasteiger partial charge in [-0.15, -0.1) is 0 Å². The van der Waals surface area contributed by atoms with E-state index >= 15 is 0 Å². The molecule has 2 heterocycles. The molecule has 0 spiro atoms. The summed E-state index contributed by atoms with van der Waals surface area (Å²) in [5.41, 5.74) is 6.23. The second-order valence-corrected chi connectivity index (χ2v) is 5.16. The highest BCUT2D eigenvalue weighted by atomic mass is 19.4. The molecule has 144 valence electrons. The quantitative estimate of drug-likeness (QED) is 0.506. The van der Waals surface area contributed by atoms with Crippen molar-refractivity contribution in [3.05, 3.63) is 48.1 Å². The van der Waals surface area contributed by atoms with Crippen LogP contribution in [0.3, 0.4) is 0 Å². The summed E-state index contributed by atoms with van der Waals surface area (Å²) in [7, 11) is 0. The van der Waals surface area contributed by atoms with Crippen LogP contribution in [0.2, 0.25) is 0 Å². The third-order valence-electron chi connectivity index (χ3n) is 3.24. The van der Waals surface area contributed by atoms with E-state index in [0.717, 1.165) is 11.9 Å². The summed E-state index contributed by atoms with van der Waals surface area (Å²) in [5.74, 6) is -0.924. The zero-order valence-electron chi connectivity index (χ0n) is 14.0. The summed E-state index contributed by atoms with van der Waals surface area (Å²) >= 11 is 0. The van der Waals surface area contributed by atoms with Crippen molar-refractivity contribution < 1.29 is 22.4 Å². The number of hydrogen-bond acceptors (Lipinski definition) is 7. The molecule has 0 aliphatic carbocycles. The first-order chi connectivity index (χ1) is 13.5. The summed E-state index contributed by atoms with van der Waals surface area (Å²) in [6.45, 7) is 0.168. The minimum atomic E-state index is -4.68. The molecule has 9 nitrogen and oxygen atoms in total. The van der Waals surface area contributed by atoms with Crippen LogP contribution in [0.4, 0.5) is 19.0 Å². The number of ether oxygens (including phenoxy) is 1. The minimum absolute atomic E-state index is 0.154. The van der Waals surface area contributed by atoms with Crippen LogP contribution in [0.1, 0.15) is 11.5 Å². The minimum Gasteiger partial charge on any atom is -0.473 e. The maximum atomic E-state index is 12.5. The Morgan fingerprint density at radius 3 is 2.64 bits per heavy atom.